The minimum atomic E-state index is -3.78. The van der Waals surface area contributed by atoms with Crippen molar-refractivity contribution in [1.82, 2.24) is 0 Å². The lowest BCUT2D eigenvalue weighted by Gasteiger charge is -2.13. The Hall–Kier alpha value is -1.45. The predicted octanol–water partition coefficient (Wildman–Crippen LogP) is -0.0319. The molecule has 7 nitrogen and oxygen atoms in total. The monoisotopic (exact) mass is 321 g/mol. The highest BCUT2D eigenvalue weighted by Crippen LogP contribution is 2.25. The second-order valence-corrected chi connectivity index (χ2v) is 8.42. The molecule has 1 aromatic carbocycles. The zero-order valence-electron chi connectivity index (χ0n) is 10.9. The van der Waals surface area contributed by atoms with Gasteiger partial charge in [0.1, 0.15) is 0 Å². The summed E-state index contributed by atoms with van der Waals surface area (Å²) in [6, 6.07) is 2.64. The van der Waals surface area contributed by atoms with Crippen molar-refractivity contribution in [3.63, 3.8) is 0 Å². The van der Waals surface area contributed by atoms with Crippen molar-refractivity contribution >= 4 is 25.6 Å². The van der Waals surface area contributed by atoms with Crippen LogP contribution in [0.2, 0.25) is 0 Å². The Morgan fingerprint density at radius 1 is 1.15 bits per heavy atom. The molecule has 1 rings (SSSR count). The summed E-state index contributed by atoms with van der Waals surface area (Å²) in [5.74, 6) is -1.13. The highest BCUT2D eigenvalue weighted by atomic mass is 32.2. The van der Waals surface area contributed by atoms with Crippen LogP contribution >= 0.6 is 0 Å². The van der Waals surface area contributed by atoms with E-state index >= 15 is 0 Å². The molecule has 0 saturated carbocycles. The van der Waals surface area contributed by atoms with E-state index < -0.39 is 31.7 Å². The summed E-state index contributed by atoms with van der Waals surface area (Å²) in [5.41, 5.74) is 5.89. The van der Waals surface area contributed by atoms with Crippen LogP contribution in [0.15, 0.2) is 28.0 Å². The lowest BCUT2D eigenvalue weighted by Crippen LogP contribution is -2.16. The standard InChI is InChI=1S/C11H15NO6S2/c1-19(15,16)9-4-3-7(8(12)6-11(13)14)5-10(9)20(2,17)18/h3-5,8H,6,12H2,1-2H3,(H,13,14). The summed E-state index contributed by atoms with van der Waals surface area (Å²) in [6.45, 7) is 0. The lowest BCUT2D eigenvalue weighted by molar-refractivity contribution is -0.137. The maximum absolute atomic E-state index is 11.7. The third kappa shape index (κ3) is 4.02. The van der Waals surface area contributed by atoms with Crippen LogP contribution in [0.5, 0.6) is 0 Å². The second kappa shape index (κ2) is 5.51. The first-order valence-electron chi connectivity index (χ1n) is 5.44. The van der Waals surface area contributed by atoms with E-state index in [0.717, 1.165) is 24.6 Å². The molecule has 0 aliphatic heterocycles. The van der Waals surface area contributed by atoms with Crippen LogP contribution in [-0.4, -0.2) is 40.4 Å². The van der Waals surface area contributed by atoms with Gasteiger partial charge in [-0.3, -0.25) is 4.79 Å². The van der Waals surface area contributed by atoms with Crippen molar-refractivity contribution < 1.29 is 26.7 Å². The van der Waals surface area contributed by atoms with Gasteiger partial charge in [0.15, 0.2) is 19.7 Å². The maximum Gasteiger partial charge on any atom is 0.305 e. The largest absolute Gasteiger partial charge is 0.481 e. The first-order valence-corrected chi connectivity index (χ1v) is 9.22. The van der Waals surface area contributed by atoms with Gasteiger partial charge in [-0.2, -0.15) is 0 Å². The molecule has 0 radical (unpaired) electrons. The highest BCUT2D eigenvalue weighted by Gasteiger charge is 2.22. The van der Waals surface area contributed by atoms with Crippen molar-refractivity contribution in [3.05, 3.63) is 23.8 Å². The van der Waals surface area contributed by atoms with Gasteiger partial charge in [0, 0.05) is 18.6 Å². The number of carbonyl (C=O) groups is 1. The number of carboxylic acid groups (broad SMARTS) is 1. The quantitative estimate of drug-likeness (QED) is 0.778. The van der Waals surface area contributed by atoms with Crippen LogP contribution in [0, 0.1) is 0 Å². The topological polar surface area (TPSA) is 132 Å². The molecule has 0 aliphatic rings. The van der Waals surface area contributed by atoms with Gasteiger partial charge in [-0.15, -0.1) is 0 Å². The smallest absolute Gasteiger partial charge is 0.305 e. The zero-order valence-corrected chi connectivity index (χ0v) is 12.5. The Morgan fingerprint density at radius 2 is 1.65 bits per heavy atom. The van der Waals surface area contributed by atoms with E-state index in [-0.39, 0.29) is 21.8 Å². The minimum absolute atomic E-state index is 0.250. The third-order valence-corrected chi connectivity index (χ3v) is 5.01. The molecule has 20 heavy (non-hydrogen) atoms. The average molecular weight is 321 g/mol. The van der Waals surface area contributed by atoms with Crippen molar-refractivity contribution in [3.8, 4) is 0 Å². The lowest BCUT2D eigenvalue weighted by atomic mass is 10.1. The molecule has 0 heterocycles. The van der Waals surface area contributed by atoms with Crippen molar-refractivity contribution in [2.45, 2.75) is 22.3 Å². The fourth-order valence-corrected chi connectivity index (χ4v) is 4.09. The molecule has 0 aliphatic carbocycles. The molecule has 1 unspecified atom stereocenters. The molecule has 3 N–H and O–H groups in total. The number of rotatable bonds is 5. The molecule has 1 aromatic rings. The van der Waals surface area contributed by atoms with Crippen LogP contribution in [-0.2, 0) is 24.5 Å². The Bertz CT molecular complexity index is 736. The van der Waals surface area contributed by atoms with Crippen LogP contribution in [0.4, 0.5) is 0 Å². The fraction of sp³-hybridized carbons (Fsp3) is 0.364. The first kappa shape index (κ1) is 16.6. The SMILES string of the molecule is CS(=O)(=O)c1ccc(C(N)CC(=O)O)cc1S(C)(=O)=O. The Labute approximate surface area is 117 Å². The zero-order chi connectivity index (χ0) is 15.7. The van der Waals surface area contributed by atoms with E-state index in [0.29, 0.717) is 0 Å². The predicted molar refractivity (Wildman–Crippen MR) is 71.8 cm³/mol. The number of nitrogens with two attached hydrogens (primary N) is 1. The average Bonchev–Trinajstić information content (AvgIpc) is 2.24. The number of sulfone groups is 2. The van der Waals surface area contributed by atoms with Gasteiger partial charge in [0.2, 0.25) is 0 Å². The van der Waals surface area contributed by atoms with Crippen LogP contribution in [0.1, 0.15) is 18.0 Å². The molecule has 112 valence electrons. The van der Waals surface area contributed by atoms with Crippen LogP contribution in [0.25, 0.3) is 0 Å². The number of hydrogen-bond acceptors (Lipinski definition) is 6. The Kier molecular flexibility index (Phi) is 4.57. The van der Waals surface area contributed by atoms with Gasteiger partial charge in [-0.25, -0.2) is 16.8 Å². The molecule has 0 saturated heterocycles. The molecule has 0 bridgehead atoms. The van der Waals surface area contributed by atoms with Crippen molar-refractivity contribution in [1.29, 1.82) is 0 Å². The van der Waals surface area contributed by atoms with Gasteiger partial charge in [0.25, 0.3) is 0 Å². The maximum atomic E-state index is 11.7. The van der Waals surface area contributed by atoms with Crippen LogP contribution in [0.3, 0.4) is 0 Å². The molecule has 0 amide bonds. The first-order chi connectivity index (χ1) is 8.93. The summed E-state index contributed by atoms with van der Waals surface area (Å²) in [4.78, 5) is 9.89. The molecule has 0 aromatic heterocycles. The van der Waals surface area contributed by atoms with E-state index in [1.807, 2.05) is 0 Å². The normalized spacial score (nSPS) is 13.9. The van der Waals surface area contributed by atoms with Gasteiger partial charge in [-0.05, 0) is 17.7 Å². The molecule has 1 atom stereocenters. The molecule has 9 heteroatoms. The van der Waals surface area contributed by atoms with Gasteiger partial charge in [0.05, 0.1) is 16.2 Å². The number of benzene rings is 1. The summed E-state index contributed by atoms with van der Waals surface area (Å²) >= 11 is 0. The van der Waals surface area contributed by atoms with E-state index in [1.165, 1.54) is 6.07 Å². The van der Waals surface area contributed by atoms with Gasteiger partial charge < -0.3 is 10.8 Å². The molecular formula is C11H15NO6S2. The van der Waals surface area contributed by atoms with E-state index in [2.05, 4.69) is 0 Å². The third-order valence-electron chi connectivity index (χ3n) is 2.59. The van der Waals surface area contributed by atoms with Crippen molar-refractivity contribution in [2.75, 3.05) is 12.5 Å². The Morgan fingerprint density at radius 3 is 2.05 bits per heavy atom. The van der Waals surface area contributed by atoms with Crippen molar-refractivity contribution in [2.24, 2.45) is 5.73 Å². The number of aliphatic carboxylic acids is 1. The minimum Gasteiger partial charge on any atom is -0.481 e. The summed E-state index contributed by atoms with van der Waals surface area (Å²) in [7, 11) is -7.50. The highest BCUT2D eigenvalue weighted by molar-refractivity contribution is 7.93. The van der Waals surface area contributed by atoms with E-state index in [1.54, 1.807) is 0 Å². The summed E-state index contributed by atoms with van der Waals surface area (Å²) in [5, 5.41) is 8.66. The van der Waals surface area contributed by atoms with Crippen LogP contribution < -0.4 is 5.73 Å². The number of carboxylic acids is 1. The van der Waals surface area contributed by atoms with E-state index in [4.69, 9.17) is 10.8 Å². The second-order valence-electron chi connectivity index (χ2n) is 4.45. The van der Waals surface area contributed by atoms with E-state index in [9.17, 15) is 21.6 Å². The molecule has 0 fully saturated rings. The Balaban J connectivity index is 3.48. The fourth-order valence-electron chi connectivity index (χ4n) is 1.66. The molecular weight excluding hydrogens is 306 g/mol. The summed E-state index contributed by atoms with van der Waals surface area (Å²) < 4.78 is 46.5. The summed E-state index contributed by atoms with van der Waals surface area (Å²) in [6.07, 6.45) is 1.39. The number of hydrogen-bond donors (Lipinski definition) is 2. The van der Waals surface area contributed by atoms with Gasteiger partial charge in [-0.1, -0.05) is 6.07 Å². The van der Waals surface area contributed by atoms with Gasteiger partial charge >= 0.3 is 5.97 Å². The molecule has 0 spiro atoms.